The molecule has 0 N–H and O–H groups in total. The van der Waals surface area contributed by atoms with Crippen molar-refractivity contribution in [1.29, 1.82) is 0 Å². The Morgan fingerprint density at radius 1 is 0.302 bits per heavy atom. The van der Waals surface area contributed by atoms with Crippen LogP contribution in [0.2, 0.25) is 0 Å². The Labute approximate surface area is 303 Å². The molecule has 3 heterocycles. The molecule has 3 nitrogen and oxygen atoms in total. The highest BCUT2D eigenvalue weighted by molar-refractivity contribution is 6.30. The maximum atomic E-state index is 6.58. The summed E-state index contributed by atoms with van der Waals surface area (Å²) in [7, 11) is 0. The maximum absolute atomic E-state index is 6.58. The summed E-state index contributed by atoms with van der Waals surface area (Å²) >= 11 is 0. The van der Waals surface area contributed by atoms with Gasteiger partial charge in [-0.05, 0) is 69.4 Å². The van der Waals surface area contributed by atoms with Gasteiger partial charge in [0, 0.05) is 37.7 Å². The van der Waals surface area contributed by atoms with Crippen LogP contribution in [0.1, 0.15) is 0 Å². The molecule has 0 radical (unpaired) electrons. The Hall–Kier alpha value is -7.10. The van der Waals surface area contributed by atoms with Gasteiger partial charge >= 0.3 is 0 Å². The van der Waals surface area contributed by atoms with Gasteiger partial charge in [-0.25, -0.2) is 0 Å². The van der Waals surface area contributed by atoms with Crippen LogP contribution < -0.4 is 0 Å². The number of nitrogens with zero attached hydrogens (tertiary/aromatic N) is 2. The number of hydrogen-bond acceptors (Lipinski definition) is 1. The second-order valence-corrected chi connectivity index (χ2v) is 14.4. The monoisotopic (exact) mass is 672 g/mol. The fourth-order valence-corrected chi connectivity index (χ4v) is 9.73. The zero-order chi connectivity index (χ0) is 34.4. The number of fused-ring (bicyclic) bond motifs is 15. The Bertz CT molecular complexity index is 3540. The topological polar surface area (TPSA) is 23.0 Å². The van der Waals surface area contributed by atoms with Crippen LogP contribution in [0.15, 0.2) is 174 Å². The second-order valence-electron chi connectivity index (χ2n) is 14.4. The van der Waals surface area contributed by atoms with E-state index in [-0.39, 0.29) is 0 Å². The summed E-state index contributed by atoms with van der Waals surface area (Å²) < 4.78 is 11.7. The molecule has 12 aromatic rings. The molecule has 0 fully saturated rings. The quantitative estimate of drug-likeness (QED) is 0.179. The number of rotatable bonds is 2. The summed E-state index contributed by atoms with van der Waals surface area (Å²) in [4.78, 5) is 0. The highest BCUT2D eigenvalue weighted by atomic mass is 16.3. The van der Waals surface area contributed by atoms with Gasteiger partial charge in [-0.2, -0.15) is 0 Å². The van der Waals surface area contributed by atoms with E-state index in [0.29, 0.717) is 0 Å². The van der Waals surface area contributed by atoms with Crippen LogP contribution in [0, 0.1) is 0 Å². The van der Waals surface area contributed by atoms with Crippen molar-refractivity contribution in [3.05, 3.63) is 170 Å². The molecule has 0 bridgehead atoms. The highest BCUT2D eigenvalue weighted by Gasteiger charge is 2.27. The molecule has 0 saturated heterocycles. The number of furan rings is 1. The predicted octanol–water partition coefficient (Wildman–Crippen LogP) is 13.7. The fourth-order valence-electron chi connectivity index (χ4n) is 9.73. The lowest BCUT2D eigenvalue weighted by atomic mass is 10.0. The molecule has 3 aromatic heterocycles. The van der Waals surface area contributed by atoms with E-state index in [1.807, 2.05) is 0 Å². The molecule has 3 heteroatoms. The van der Waals surface area contributed by atoms with Gasteiger partial charge in [0.1, 0.15) is 11.2 Å². The van der Waals surface area contributed by atoms with E-state index in [1.165, 1.54) is 98.8 Å². The van der Waals surface area contributed by atoms with Crippen LogP contribution in [0.3, 0.4) is 0 Å². The van der Waals surface area contributed by atoms with Crippen LogP contribution in [-0.4, -0.2) is 9.13 Å². The van der Waals surface area contributed by atoms with Gasteiger partial charge in [-0.3, -0.25) is 0 Å². The highest BCUT2D eigenvalue weighted by Crippen LogP contribution is 2.51. The SMILES string of the molecule is c1ccc2c(c1)-c1cccc3c(-n4c5c(ccc6oc7ccccc7c65)c5ccc6c7ccccc7n(-c7cccc8ccccc78)c6c54)ccc-2c13. The second kappa shape index (κ2) is 9.81. The zero-order valence-corrected chi connectivity index (χ0v) is 28.5. The van der Waals surface area contributed by atoms with Gasteiger partial charge in [0.05, 0.1) is 38.8 Å². The van der Waals surface area contributed by atoms with Crippen molar-refractivity contribution in [3.8, 4) is 33.6 Å². The predicted molar refractivity (Wildman–Crippen MR) is 222 cm³/mol. The lowest BCUT2D eigenvalue weighted by Gasteiger charge is -2.16. The lowest BCUT2D eigenvalue weighted by molar-refractivity contribution is 0.669. The van der Waals surface area contributed by atoms with Gasteiger partial charge in [0.2, 0.25) is 0 Å². The van der Waals surface area contributed by atoms with Crippen molar-refractivity contribution in [2.45, 2.75) is 0 Å². The Morgan fingerprint density at radius 3 is 1.77 bits per heavy atom. The summed E-state index contributed by atoms with van der Waals surface area (Å²) in [5.74, 6) is 0. The van der Waals surface area contributed by atoms with E-state index in [1.54, 1.807) is 0 Å². The van der Waals surface area contributed by atoms with Crippen LogP contribution in [-0.2, 0) is 0 Å². The van der Waals surface area contributed by atoms with Gasteiger partial charge in [-0.1, -0.05) is 133 Å². The molecule has 53 heavy (non-hydrogen) atoms. The van der Waals surface area contributed by atoms with Crippen LogP contribution >= 0.6 is 0 Å². The minimum atomic E-state index is 0.895. The van der Waals surface area contributed by atoms with E-state index < -0.39 is 0 Å². The minimum absolute atomic E-state index is 0.895. The number of hydrogen-bond donors (Lipinski definition) is 0. The maximum Gasteiger partial charge on any atom is 0.137 e. The molecular weight excluding hydrogens is 645 g/mol. The molecular formula is C50H28N2O. The Kier molecular flexibility index (Phi) is 5.11. The standard InChI is InChI=1S/C50H28N2O/c1-2-13-30-29(11-1)12-9-21-41(30)51-42-20-7-5-16-33(42)36-23-24-38-37-26-28-45-47(40-17-6-8-22-44(40)53-45)48(37)52(50(38)49(36)51)43-27-25-35-32-15-4-3-14-31(32)34-18-10-19-39(43)46(34)35/h1-28H. The number of aromatic nitrogens is 2. The van der Waals surface area contributed by atoms with Crippen molar-refractivity contribution < 1.29 is 4.42 Å². The van der Waals surface area contributed by atoms with Gasteiger partial charge in [0.15, 0.2) is 0 Å². The average Bonchev–Trinajstić information content (AvgIpc) is 3.95. The molecule has 1 aliphatic carbocycles. The largest absolute Gasteiger partial charge is 0.456 e. The first kappa shape index (κ1) is 27.6. The molecule has 0 aliphatic heterocycles. The molecule has 1 aliphatic rings. The summed E-state index contributed by atoms with van der Waals surface area (Å²) in [6.07, 6.45) is 0. The average molecular weight is 673 g/mol. The number of para-hydroxylation sites is 2. The van der Waals surface area contributed by atoms with Gasteiger partial charge < -0.3 is 13.6 Å². The third kappa shape index (κ3) is 3.40. The molecule has 244 valence electrons. The fraction of sp³-hybridized carbons (Fsp3) is 0. The summed E-state index contributed by atoms with van der Waals surface area (Å²) in [6, 6.07) is 62.2. The molecule has 0 unspecified atom stereocenters. The smallest absolute Gasteiger partial charge is 0.137 e. The van der Waals surface area contributed by atoms with E-state index in [9.17, 15) is 0 Å². The van der Waals surface area contributed by atoms with Crippen molar-refractivity contribution in [2.24, 2.45) is 0 Å². The summed E-state index contributed by atoms with van der Waals surface area (Å²) in [6.45, 7) is 0. The summed E-state index contributed by atoms with van der Waals surface area (Å²) in [5.41, 5.74) is 14.1. The molecule has 0 atom stereocenters. The van der Waals surface area contributed by atoms with Crippen LogP contribution in [0.5, 0.6) is 0 Å². The minimum Gasteiger partial charge on any atom is -0.456 e. The van der Waals surface area contributed by atoms with Crippen molar-refractivity contribution in [3.63, 3.8) is 0 Å². The van der Waals surface area contributed by atoms with Crippen LogP contribution in [0.25, 0.3) is 121 Å². The molecule has 13 rings (SSSR count). The first-order valence-electron chi connectivity index (χ1n) is 18.3. The molecule has 0 spiro atoms. The van der Waals surface area contributed by atoms with Crippen LogP contribution in [0.4, 0.5) is 0 Å². The Morgan fingerprint density at radius 2 is 0.887 bits per heavy atom. The van der Waals surface area contributed by atoms with E-state index >= 15 is 0 Å². The zero-order valence-electron chi connectivity index (χ0n) is 28.5. The third-order valence-corrected chi connectivity index (χ3v) is 11.8. The summed E-state index contributed by atoms with van der Waals surface area (Å²) in [5, 5.41) is 12.2. The van der Waals surface area contributed by atoms with E-state index in [0.717, 1.165) is 21.9 Å². The van der Waals surface area contributed by atoms with Crippen molar-refractivity contribution in [1.82, 2.24) is 9.13 Å². The van der Waals surface area contributed by atoms with Crippen molar-refractivity contribution >= 4 is 87.1 Å². The van der Waals surface area contributed by atoms with Gasteiger partial charge in [-0.15, -0.1) is 0 Å². The van der Waals surface area contributed by atoms with E-state index in [4.69, 9.17) is 4.42 Å². The lowest BCUT2D eigenvalue weighted by Crippen LogP contribution is -2.00. The van der Waals surface area contributed by atoms with Gasteiger partial charge in [0.25, 0.3) is 0 Å². The third-order valence-electron chi connectivity index (χ3n) is 11.8. The normalized spacial score (nSPS) is 12.5. The van der Waals surface area contributed by atoms with E-state index in [2.05, 4.69) is 179 Å². The van der Waals surface area contributed by atoms with Crippen molar-refractivity contribution in [2.75, 3.05) is 0 Å². The molecule has 0 amide bonds. The molecule has 9 aromatic carbocycles. The molecule has 0 saturated carbocycles. The first-order chi connectivity index (χ1) is 26.3. The first-order valence-corrected chi connectivity index (χ1v) is 18.3. The Balaban J connectivity index is 1.31. The number of benzene rings is 9.